The van der Waals surface area contributed by atoms with Gasteiger partial charge in [0.25, 0.3) is 0 Å². The van der Waals surface area contributed by atoms with Gasteiger partial charge < -0.3 is 14.9 Å². The summed E-state index contributed by atoms with van der Waals surface area (Å²) < 4.78 is 4.98. The summed E-state index contributed by atoms with van der Waals surface area (Å²) >= 11 is 0. The third-order valence-corrected chi connectivity index (χ3v) is 1.65. The van der Waals surface area contributed by atoms with Crippen molar-refractivity contribution >= 4 is 0 Å². The van der Waals surface area contributed by atoms with E-state index >= 15 is 0 Å². The van der Waals surface area contributed by atoms with E-state index in [1.807, 2.05) is 0 Å². The number of aliphatic hydroxyl groups excluding tert-OH is 2. The van der Waals surface area contributed by atoms with E-state index in [0.29, 0.717) is 0 Å². The number of hydrogen-bond donors (Lipinski definition) is 2. The summed E-state index contributed by atoms with van der Waals surface area (Å²) in [6.07, 6.45) is -3.25. The Hall–Kier alpha value is -0.200. The van der Waals surface area contributed by atoms with Crippen molar-refractivity contribution in [2.45, 2.75) is 31.5 Å². The van der Waals surface area contributed by atoms with E-state index in [1.165, 1.54) is 7.11 Å². The van der Waals surface area contributed by atoms with Crippen LogP contribution in [-0.2, 0) is 14.5 Å². The van der Waals surface area contributed by atoms with Gasteiger partial charge in [-0.25, -0.2) is 9.78 Å². The van der Waals surface area contributed by atoms with Crippen LogP contribution >= 0.6 is 0 Å². The highest BCUT2D eigenvalue weighted by molar-refractivity contribution is 4.83. The van der Waals surface area contributed by atoms with Crippen LogP contribution in [-0.4, -0.2) is 41.9 Å². The molecule has 0 radical (unpaired) electrons. The van der Waals surface area contributed by atoms with Gasteiger partial charge in [0.05, 0.1) is 13.2 Å². The highest BCUT2D eigenvalue weighted by Crippen LogP contribution is 2.21. The Labute approximate surface area is 64.4 Å². The Morgan fingerprint density at radius 3 is 2.27 bits per heavy atom. The molecule has 1 fully saturated rings. The van der Waals surface area contributed by atoms with Crippen LogP contribution in [0, 0.1) is 0 Å². The monoisotopic (exact) mass is 164 g/mol. The first-order valence-electron chi connectivity index (χ1n) is 3.38. The molecule has 1 aliphatic heterocycles. The second kappa shape index (κ2) is 3.46. The van der Waals surface area contributed by atoms with Gasteiger partial charge in [0.1, 0.15) is 12.2 Å². The molecule has 1 rings (SSSR count). The fourth-order valence-corrected chi connectivity index (χ4v) is 0.986. The zero-order valence-electron chi connectivity index (χ0n) is 6.43. The van der Waals surface area contributed by atoms with Gasteiger partial charge in [-0.1, -0.05) is 0 Å². The smallest absolute Gasteiger partial charge is 0.220 e. The number of aliphatic hydroxyl groups is 2. The van der Waals surface area contributed by atoms with Crippen LogP contribution in [0.25, 0.3) is 0 Å². The molecule has 0 saturated carbocycles. The van der Waals surface area contributed by atoms with Crippen LogP contribution in [0.2, 0.25) is 0 Å². The Morgan fingerprint density at radius 1 is 1.27 bits per heavy atom. The minimum absolute atomic E-state index is 0.426. The molecule has 11 heavy (non-hydrogen) atoms. The van der Waals surface area contributed by atoms with Crippen molar-refractivity contribution < 1.29 is 24.7 Å². The maximum Gasteiger partial charge on any atom is 0.220 e. The molecule has 5 nitrogen and oxygen atoms in total. The van der Waals surface area contributed by atoms with Crippen molar-refractivity contribution in [3.63, 3.8) is 0 Å². The van der Waals surface area contributed by atoms with Gasteiger partial charge in [-0.05, 0) is 6.92 Å². The third kappa shape index (κ3) is 1.69. The van der Waals surface area contributed by atoms with Crippen molar-refractivity contribution in [2.24, 2.45) is 0 Å². The van der Waals surface area contributed by atoms with E-state index in [2.05, 4.69) is 9.78 Å². The van der Waals surface area contributed by atoms with Crippen molar-refractivity contribution in [3.8, 4) is 0 Å². The number of hydrogen-bond acceptors (Lipinski definition) is 5. The first-order valence-corrected chi connectivity index (χ1v) is 3.38. The van der Waals surface area contributed by atoms with E-state index < -0.39 is 24.6 Å². The lowest BCUT2D eigenvalue weighted by Gasteiger charge is -2.11. The molecule has 1 heterocycles. The second-order valence-corrected chi connectivity index (χ2v) is 2.45. The van der Waals surface area contributed by atoms with Crippen molar-refractivity contribution in [3.05, 3.63) is 0 Å². The van der Waals surface area contributed by atoms with Crippen LogP contribution in [0.1, 0.15) is 6.92 Å². The predicted molar refractivity (Wildman–Crippen MR) is 34.4 cm³/mol. The minimum atomic E-state index is -1.04. The van der Waals surface area contributed by atoms with E-state index in [9.17, 15) is 5.11 Å². The van der Waals surface area contributed by atoms with Gasteiger partial charge in [0.15, 0.2) is 0 Å². The second-order valence-electron chi connectivity index (χ2n) is 2.45. The lowest BCUT2D eigenvalue weighted by Crippen LogP contribution is -2.32. The van der Waals surface area contributed by atoms with Gasteiger partial charge >= 0.3 is 0 Å². The normalized spacial score (nSPS) is 44.7. The van der Waals surface area contributed by atoms with Gasteiger partial charge in [0.2, 0.25) is 6.29 Å². The molecule has 2 N–H and O–H groups in total. The molecule has 0 spiro atoms. The molecule has 0 aliphatic carbocycles. The zero-order chi connectivity index (χ0) is 8.43. The molecule has 1 aliphatic rings. The first kappa shape index (κ1) is 8.89. The Kier molecular flexibility index (Phi) is 2.80. The maximum absolute atomic E-state index is 9.18. The molecule has 0 bridgehead atoms. The van der Waals surface area contributed by atoms with E-state index in [4.69, 9.17) is 9.84 Å². The van der Waals surface area contributed by atoms with Crippen molar-refractivity contribution in [2.75, 3.05) is 7.11 Å². The molecule has 4 atom stereocenters. The van der Waals surface area contributed by atoms with Crippen molar-refractivity contribution in [1.29, 1.82) is 0 Å². The summed E-state index contributed by atoms with van der Waals surface area (Å²) in [5.74, 6) is 0. The van der Waals surface area contributed by atoms with E-state index in [-0.39, 0.29) is 0 Å². The van der Waals surface area contributed by atoms with Gasteiger partial charge in [0, 0.05) is 0 Å². The topological polar surface area (TPSA) is 68.2 Å². The SMILES string of the molecule is COOC1O[C@H](C)[C@@H](O)[C@H]1O. The standard InChI is InChI=1S/C6H12O5/c1-3-4(7)5(8)6(10-3)11-9-2/h3-8H,1-2H3/t3-,4-,5-,6?/m1/s1. The molecule has 5 heteroatoms. The highest BCUT2D eigenvalue weighted by Gasteiger charge is 2.41. The van der Waals surface area contributed by atoms with Gasteiger partial charge in [-0.3, -0.25) is 0 Å². The summed E-state index contributed by atoms with van der Waals surface area (Å²) in [4.78, 5) is 8.82. The Balaban J connectivity index is 2.45. The van der Waals surface area contributed by atoms with Crippen LogP contribution in [0.15, 0.2) is 0 Å². The fourth-order valence-electron chi connectivity index (χ4n) is 0.986. The maximum atomic E-state index is 9.18. The Morgan fingerprint density at radius 2 is 1.91 bits per heavy atom. The summed E-state index contributed by atoms with van der Waals surface area (Å²) in [6.45, 7) is 1.65. The zero-order valence-corrected chi connectivity index (χ0v) is 6.43. The van der Waals surface area contributed by atoms with Crippen LogP contribution in [0.3, 0.4) is 0 Å². The van der Waals surface area contributed by atoms with Gasteiger partial charge in [-0.15, -0.1) is 0 Å². The number of ether oxygens (including phenoxy) is 1. The number of rotatable bonds is 2. The predicted octanol–water partition coefficient (Wildman–Crippen LogP) is -0.969. The summed E-state index contributed by atoms with van der Waals surface area (Å²) in [5.41, 5.74) is 0. The quantitative estimate of drug-likeness (QED) is 0.406. The molecule has 0 aromatic carbocycles. The summed E-state index contributed by atoms with van der Waals surface area (Å²) in [7, 11) is 1.31. The van der Waals surface area contributed by atoms with Gasteiger partial charge in [-0.2, -0.15) is 0 Å². The van der Waals surface area contributed by atoms with Crippen LogP contribution < -0.4 is 0 Å². The largest absolute Gasteiger partial charge is 0.388 e. The lowest BCUT2D eigenvalue weighted by atomic mass is 10.2. The molecule has 0 aromatic rings. The lowest BCUT2D eigenvalue weighted by molar-refractivity contribution is -0.370. The minimum Gasteiger partial charge on any atom is -0.388 e. The van der Waals surface area contributed by atoms with E-state index in [1.54, 1.807) is 6.92 Å². The Bertz CT molecular complexity index is 128. The van der Waals surface area contributed by atoms with E-state index in [0.717, 1.165) is 0 Å². The summed E-state index contributed by atoms with van der Waals surface area (Å²) in [6, 6.07) is 0. The van der Waals surface area contributed by atoms with Crippen LogP contribution in [0.4, 0.5) is 0 Å². The highest BCUT2D eigenvalue weighted by atomic mass is 17.2. The summed E-state index contributed by atoms with van der Waals surface area (Å²) in [5, 5.41) is 18.3. The average Bonchev–Trinajstić information content (AvgIpc) is 2.19. The molecule has 66 valence electrons. The molecule has 0 amide bonds. The molecule has 1 unspecified atom stereocenters. The average molecular weight is 164 g/mol. The molecular weight excluding hydrogens is 152 g/mol. The molecular formula is C6H12O5. The molecule has 0 aromatic heterocycles. The van der Waals surface area contributed by atoms with Crippen LogP contribution in [0.5, 0.6) is 0 Å². The van der Waals surface area contributed by atoms with Crippen molar-refractivity contribution in [1.82, 2.24) is 0 Å². The first-order chi connectivity index (χ1) is 5.16. The molecule has 1 saturated heterocycles. The fraction of sp³-hybridized carbons (Fsp3) is 1.00. The third-order valence-electron chi connectivity index (χ3n) is 1.65.